The lowest BCUT2D eigenvalue weighted by Crippen LogP contribution is -2.23. The number of benzene rings is 1. The summed E-state index contributed by atoms with van der Waals surface area (Å²) in [5.74, 6) is 2.48. The lowest BCUT2D eigenvalue weighted by Gasteiger charge is -2.19. The van der Waals surface area contributed by atoms with Crippen LogP contribution < -0.4 is 5.32 Å². The van der Waals surface area contributed by atoms with Crippen LogP contribution in [-0.2, 0) is 6.42 Å². The van der Waals surface area contributed by atoms with Crippen molar-refractivity contribution in [2.75, 3.05) is 6.54 Å². The molecule has 1 N–H and O–H groups in total. The highest BCUT2D eigenvalue weighted by Gasteiger charge is 2.39. The van der Waals surface area contributed by atoms with E-state index < -0.39 is 0 Å². The summed E-state index contributed by atoms with van der Waals surface area (Å²) in [6, 6.07) is 9.85. The van der Waals surface area contributed by atoms with E-state index in [1.165, 1.54) is 24.0 Å². The molecular formula is C17H27N. The first kappa shape index (κ1) is 13.6. The van der Waals surface area contributed by atoms with Crippen LogP contribution in [0.3, 0.4) is 0 Å². The fraction of sp³-hybridized carbons (Fsp3) is 0.647. The van der Waals surface area contributed by atoms with Crippen LogP contribution in [0.15, 0.2) is 24.3 Å². The molecule has 1 heteroatoms. The number of nitrogens with one attached hydrogen (secondary N) is 1. The maximum atomic E-state index is 3.65. The van der Waals surface area contributed by atoms with Crippen molar-refractivity contribution in [2.24, 2.45) is 17.8 Å². The van der Waals surface area contributed by atoms with E-state index in [1.54, 1.807) is 0 Å². The average molecular weight is 245 g/mol. The largest absolute Gasteiger partial charge is 0.310 e. The summed E-state index contributed by atoms with van der Waals surface area (Å²) in [4.78, 5) is 0. The third-order valence-corrected chi connectivity index (χ3v) is 4.01. The predicted octanol–water partition coefficient (Wildman–Crippen LogP) is 4.19. The van der Waals surface area contributed by atoms with Gasteiger partial charge in [0.1, 0.15) is 0 Å². The summed E-state index contributed by atoms with van der Waals surface area (Å²) >= 11 is 0. The summed E-state index contributed by atoms with van der Waals surface area (Å²) in [6.07, 6.45) is 2.57. The van der Waals surface area contributed by atoms with Crippen molar-refractivity contribution in [3.8, 4) is 0 Å². The Labute approximate surface area is 112 Å². The molecule has 18 heavy (non-hydrogen) atoms. The average Bonchev–Trinajstić information content (AvgIpc) is 3.04. The van der Waals surface area contributed by atoms with Crippen LogP contribution in [-0.4, -0.2) is 6.54 Å². The smallest absolute Gasteiger partial charge is 0.0351 e. The van der Waals surface area contributed by atoms with E-state index in [-0.39, 0.29) is 0 Å². The molecule has 0 radical (unpaired) electrons. The van der Waals surface area contributed by atoms with Gasteiger partial charge in [0.15, 0.2) is 0 Å². The lowest BCUT2D eigenvalue weighted by atomic mass is 9.97. The summed E-state index contributed by atoms with van der Waals surface area (Å²) in [7, 11) is 0. The highest BCUT2D eigenvalue weighted by molar-refractivity contribution is 5.27. The molecule has 0 heterocycles. The lowest BCUT2D eigenvalue weighted by molar-refractivity contribution is 0.475. The van der Waals surface area contributed by atoms with Gasteiger partial charge in [-0.2, -0.15) is 0 Å². The number of hydrogen-bond donors (Lipinski definition) is 1. The van der Waals surface area contributed by atoms with Crippen LogP contribution in [0.2, 0.25) is 0 Å². The van der Waals surface area contributed by atoms with E-state index in [2.05, 4.69) is 57.3 Å². The fourth-order valence-electron chi connectivity index (χ4n) is 2.88. The molecule has 1 aromatic rings. The Hall–Kier alpha value is -0.820. The molecule has 0 amide bonds. The normalized spacial score (nSPS) is 24.3. The number of rotatable bonds is 6. The van der Waals surface area contributed by atoms with Crippen molar-refractivity contribution >= 4 is 0 Å². The molecule has 2 rings (SSSR count). The molecule has 0 spiro atoms. The van der Waals surface area contributed by atoms with Gasteiger partial charge in [0.05, 0.1) is 0 Å². The van der Waals surface area contributed by atoms with Crippen LogP contribution in [0.5, 0.6) is 0 Å². The Morgan fingerprint density at radius 1 is 1.22 bits per heavy atom. The summed E-state index contributed by atoms with van der Waals surface area (Å²) < 4.78 is 0. The Morgan fingerprint density at radius 2 is 1.83 bits per heavy atom. The molecule has 1 aliphatic carbocycles. The topological polar surface area (TPSA) is 12.0 Å². The molecule has 0 bridgehead atoms. The molecule has 100 valence electrons. The number of hydrogen-bond acceptors (Lipinski definition) is 1. The van der Waals surface area contributed by atoms with Gasteiger partial charge in [0, 0.05) is 6.04 Å². The molecule has 0 aliphatic heterocycles. The standard InChI is InChI=1S/C17H27N/c1-5-18-17(16-11-13(16)4)15-8-6-14(7-9-15)10-12(2)3/h6-9,12-13,16-18H,5,10-11H2,1-4H3. The first-order valence-electron chi connectivity index (χ1n) is 7.44. The van der Waals surface area contributed by atoms with E-state index in [0.717, 1.165) is 24.3 Å². The van der Waals surface area contributed by atoms with E-state index in [9.17, 15) is 0 Å². The van der Waals surface area contributed by atoms with Gasteiger partial charge in [-0.05, 0) is 48.3 Å². The van der Waals surface area contributed by atoms with Crippen molar-refractivity contribution in [1.29, 1.82) is 0 Å². The third kappa shape index (κ3) is 3.35. The van der Waals surface area contributed by atoms with E-state index in [4.69, 9.17) is 0 Å². The molecule has 0 aromatic heterocycles. The SMILES string of the molecule is CCNC(c1ccc(CC(C)C)cc1)C1CC1C. The molecule has 3 atom stereocenters. The monoisotopic (exact) mass is 245 g/mol. The first-order chi connectivity index (χ1) is 8.61. The van der Waals surface area contributed by atoms with Gasteiger partial charge in [-0.25, -0.2) is 0 Å². The molecule has 3 unspecified atom stereocenters. The van der Waals surface area contributed by atoms with Gasteiger partial charge in [-0.1, -0.05) is 52.0 Å². The summed E-state index contributed by atoms with van der Waals surface area (Å²) in [5.41, 5.74) is 2.94. The minimum absolute atomic E-state index is 0.568. The van der Waals surface area contributed by atoms with Crippen LogP contribution in [0.1, 0.15) is 51.3 Å². The molecule has 1 aliphatic rings. The predicted molar refractivity (Wildman–Crippen MR) is 78.7 cm³/mol. The van der Waals surface area contributed by atoms with Gasteiger partial charge >= 0.3 is 0 Å². The first-order valence-corrected chi connectivity index (χ1v) is 7.44. The van der Waals surface area contributed by atoms with Crippen molar-refractivity contribution in [1.82, 2.24) is 5.32 Å². The minimum atomic E-state index is 0.568. The Morgan fingerprint density at radius 3 is 2.28 bits per heavy atom. The van der Waals surface area contributed by atoms with E-state index >= 15 is 0 Å². The summed E-state index contributed by atoms with van der Waals surface area (Å²) in [5, 5.41) is 3.65. The Bertz CT molecular complexity index is 366. The highest BCUT2D eigenvalue weighted by atomic mass is 14.9. The second kappa shape index (κ2) is 5.88. The molecule has 1 aromatic carbocycles. The van der Waals surface area contributed by atoms with Crippen molar-refractivity contribution in [3.63, 3.8) is 0 Å². The molecular weight excluding hydrogens is 218 g/mol. The quantitative estimate of drug-likeness (QED) is 0.792. The second-order valence-electron chi connectivity index (χ2n) is 6.25. The van der Waals surface area contributed by atoms with Crippen LogP contribution in [0, 0.1) is 17.8 Å². The summed E-state index contributed by atoms with van der Waals surface area (Å²) in [6.45, 7) is 10.2. The minimum Gasteiger partial charge on any atom is -0.310 e. The van der Waals surface area contributed by atoms with Crippen LogP contribution in [0.4, 0.5) is 0 Å². The van der Waals surface area contributed by atoms with Gasteiger partial charge in [0.2, 0.25) is 0 Å². The second-order valence-corrected chi connectivity index (χ2v) is 6.25. The van der Waals surface area contributed by atoms with Crippen molar-refractivity contribution in [2.45, 2.75) is 46.6 Å². The van der Waals surface area contributed by atoms with Gasteiger partial charge in [-0.3, -0.25) is 0 Å². The highest BCUT2D eigenvalue weighted by Crippen LogP contribution is 2.46. The van der Waals surface area contributed by atoms with Gasteiger partial charge < -0.3 is 5.32 Å². The van der Waals surface area contributed by atoms with Crippen LogP contribution in [0.25, 0.3) is 0 Å². The fourth-order valence-corrected chi connectivity index (χ4v) is 2.88. The molecule has 1 saturated carbocycles. The van der Waals surface area contributed by atoms with Gasteiger partial charge in [0.25, 0.3) is 0 Å². The van der Waals surface area contributed by atoms with E-state index in [0.29, 0.717) is 6.04 Å². The van der Waals surface area contributed by atoms with Crippen LogP contribution >= 0.6 is 0 Å². The van der Waals surface area contributed by atoms with Crippen molar-refractivity contribution in [3.05, 3.63) is 35.4 Å². The Balaban J connectivity index is 2.06. The third-order valence-electron chi connectivity index (χ3n) is 4.01. The van der Waals surface area contributed by atoms with E-state index in [1.807, 2.05) is 0 Å². The molecule has 0 saturated heterocycles. The molecule has 1 nitrogen and oxygen atoms in total. The molecule has 1 fully saturated rings. The zero-order chi connectivity index (χ0) is 13.1. The maximum Gasteiger partial charge on any atom is 0.0351 e. The van der Waals surface area contributed by atoms with Crippen molar-refractivity contribution < 1.29 is 0 Å². The zero-order valence-corrected chi connectivity index (χ0v) is 12.2. The maximum absolute atomic E-state index is 3.65. The van der Waals surface area contributed by atoms with Gasteiger partial charge in [-0.15, -0.1) is 0 Å². The zero-order valence-electron chi connectivity index (χ0n) is 12.2. The Kier molecular flexibility index (Phi) is 4.45.